The van der Waals surface area contributed by atoms with Gasteiger partial charge in [-0.25, -0.2) is 8.78 Å². The molecule has 0 aliphatic rings. The summed E-state index contributed by atoms with van der Waals surface area (Å²) >= 11 is 1.79. The number of esters is 1. The fraction of sp³-hybridized carbons (Fsp3) is 0.556. The Morgan fingerprint density at radius 2 is 2.25 bits per heavy atom. The summed E-state index contributed by atoms with van der Waals surface area (Å²) in [5.41, 5.74) is 0.256. The lowest BCUT2D eigenvalue weighted by Gasteiger charge is -2.03. The van der Waals surface area contributed by atoms with Crippen molar-refractivity contribution in [1.29, 1.82) is 0 Å². The van der Waals surface area contributed by atoms with E-state index < -0.39 is 12.4 Å². The summed E-state index contributed by atoms with van der Waals surface area (Å²) in [5.74, 6) is -0.481. The summed E-state index contributed by atoms with van der Waals surface area (Å²) < 4.78 is 31.4. The molecule has 4 nitrogen and oxygen atoms in total. The number of nitrogens with zero attached hydrogens (tertiary/aromatic N) is 2. The zero-order chi connectivity index (χ0) is 12.3. The van der Waals surface area contributed by atoms with Gasteiger partial charge in [0.25, 0.3) is 6.43 Å². The normalized spacial score (nSPS) is 10.9. The predicted octanol–water partition coefficient (Wildman–Crippen LogP) is 2.30. The number of aromatic nitrogens is 2. The maximum absolute atomic E-state index is 12.5. The van der Waals surface area contributed by atoms with Gasteiger partial charge in [0.05, 0.1) is 10.2 Å². The number of rotatable bonds is 4. The van der Waals surface area contributed by atoms with Gasteiger partial charge in [-0.3, -0.25) is 9.48 Å². The second-order valence-corrected chi connectivity index (χ2v) is 4.13. The van der Waals surface area contributed by atoms with Crippen LogP contribution in [0.1, 0.15) is 24.7 Å². The Labute approximate surface area is 105 Å². The van der Waals surface area contributed by atoms with Gasteiger partial charge >= 0.3 is 5.97 Å². The van der Waals surface area contributed by atoms with E-state index in [0.29, 0.717) is 9.26 Å². The van der Waals surface area contributed by atoms with Crippen molar-refractivity contribution in [1.82, 2.24) is 9.78 Å². The highest BCUT2D eigenvalue weighted by molar-refractivity contribution is 14.1. The van der Waals surface area contributed by atoms with Crippen LogP contribution in [0.25, 0.3) is 0 Å². The van der Waals surface area contributed by atoms with E-state index in [-0.39, 0.29) is 18.8 Å². The van der Waals surface area contributed by atoms with Crippen LogP contribution in [0, 0.1) is 10.5 Å². The third-order valence-electron chi connectivity index (χ3n) is 1.95. The number of hydrogen-bond acceptors (Lipinski definition) is 3. The second kappa shape index (κ2) is 5.55. The van der Waals surface area contributed by atoms with E-state index in [9.17, 15) is 13.6 Å². The first-order valence-corrected chi connectivity index (χ1v) is 5.71. The zero-order valence-electron chi connectivity index (χ0n) is 8.84. The molecule has 0 atom stereocenters. The van der Waals surface area contributed by atoms with E-state index in [1.807, 2.05) is 0 Å². The van der Waals surface area contributed by atoms with Crippen molar-refractivity contribution in [2.24, 2.45) is 0 Å². The molecule has 0 aliphatic heterocycles. The summed E-state index contributed by atoms with van der Waals surface area (Å²) in [6, 6.07) is 0. The SMILES string of the molecule is CCOC(=O)Cn1nc(C(F)F)c(I)c1C. The monoisotopic (exact) mass is 344 g/mol. The lowest BCUT2D eigenvalue weighted by molar-refractivity contribution is -0.144. The number of alkyl halides is 2. The fourth-order valence-electron chi connectivity index (χ4n) is 1.17. The molecule has 90 valence electrons. The summed E-state index contributed by atoms with van der Waals surface area (Å²) in [7, 11) is 0. The van der Waals surface area contributed by atoms with Gasteiger partial charge in [0.15, 0.2) is 0 Å². The first kappa shape index (κ1) is 13.3. The number of halogens is 3. The second-order valence-electron chi connectivity index (χ2n) is 3.05. The van der Waals surface area contributed by atoms with Crippen molar-refractivity contribution in [2.45, 2.75) is 26.8 Å². The first-order valence-electron chi connectivity index (χ1n) is 4.64. The van der Waals surface area contributed by atoms with Gasteiger partial charge in [0, 0.05) is 5.69 Å². The van der Waals surface area contributed by atoms with Crippen LogP contribution in [-0.4, -0.2) is 22.4 Å². The maximum Gasteiger partial charge on any atom is 0.327 e. The van der Waals surface area contributed by atoms with Gasteiger partial charge in [-0.1, -0.05) is 0 Å². The molecule has 16 heavy (non-hydrogen) atoms. The molecule has 0 spiro atoms. The quantitative estimate of drug-likeness (QED) is 0.622. The minimum atomic E-state index is -2.63. The molecule has 0 fully saturated rings. The standard InChI is InChI=1S/C9H11F2IN2O2/c1-3-16-6(15)4-14-5(2)7(12)8(13-14)9(10)11/h9H,3-4H2,1-2H3. The molecule has 0 unspecified atom stereocenters. The van der Waals surface area contributed by atoms with Crippen LogP contribution < -0.4 is 0 Å². The number of carbonyl (C=O) groups excluding carboxylic acids is 1. The van der Waals surface area contributed by atoms with Crippen LogP contribution >= 0.6 is 22.6 Å². The summed E-state index contributed by atoms with van der Waals surface area (Å²) in [4.78, 5) is 11.2. The molecular weight excluding hydrogens is 333 g/mol. The average Bonchev–Trinajstić information content (AvgIpc) is 2.46. The van der Waals surface area contributed by atoms with E-state index in [0.717, 1.165) is 0 Å². The Kier molecular flexibility index (Phi) is 4.63. The minimum Gasteiger partial charge on any atom is -0.465 e. The Morgan fingerprint density at radius 3 is 2.69 bits per heavy atom. The summed E-state index contributed by atoms with van der Waals surface area (Å²) in [6.45, 7) is 3.45. The van der Waals surface area contributed by atoms with E-state index in [1.54, 1.807) is 36.4 Å². The van der Waals surface area contributed by atoms with Crippen LogP contribution in [0.15, 0.2) is 0 Å². The summed E-state index contributed by atoms with van der Waals surface area (Å²) in [6.07, 6.45) is -2.63. The molecule has 0 N–H and O–H groups in total. The minimum absolute atomic E-state index is 0.137. The third kappa shape index (κ3) is 2.89. The third-order valence-corrected chi connectivity index (χ3v) is 3.28. The highest BCUT2D eigenvalue weighted by Gasteiger charge is 2.21. The van der Waals surface area contributed by atoms with E-state index in [4.69, 9.17) is 4.74 Å². The average molecular weight is 344 g/mol. The lowest BCUT2D eigenvalue weighted by Crippen LogP contribution is -2.15. The molecular formula is C9H11F2IN2O2. The van der Waals surface area contributed by atoms with E-state index in [1.165, 1.54) is 4.68 Å². The molecule has 1 heterocycles. The van der Waals surface area contributed by atoms with Crippen molar-refractivity contribution < 1.29 is 18.3 Å². The molecule has 0 radical (unpaired) electrons. The maximum atomic E-state index is 12.5. The molecule has 1 aromatic heterocycles. The fourth-order valence-corrected chi connectivity index (χ4v) is 1.79. The topological polar surface area (TPSA) is 44.1 Å². The van der Waals surface area contributed by atoms with Crippen molar-refractivity contribution in [3.05, 3.63) is 15.0 Å². The van der Waals surface area contributed by atoms with Crippen molar-refractivity contribution in [3.63, 3.8) is 0 Å². The van der Waals surface area contributed by atoms with Gasteiger partial charge in [-0.15, -0.1) is 0 Å². The molecule has 1 rings (SSSR count). The molecule has 0 aliphatic carbocycles. The largest absolute Gasteiger partial charge is 0.465 e. The highest BCUT2D eigenvalue weighted by Crippen LogP contribution is 2.25. The van der Waals surface area contributed by atoms with Gasteiger partial charge in [0.2, 0.25) is 0 Å². The Morgan fingerprint density at radius 1 is 1.62 bits per heavy atom. The number of ether oxygens (including phenoxy) is 1. The van der Waals surface area contributed by atoms with Crippen LogP contribution in [0.5, 0.6) is 0 Å². The van der Waals surface area contributed by atoms with Gasteiger partial charge in [-0.2, -0.15) is 5.10 Å². The van der Waals surface area contributed by atoms with Gasteiger partial charge in [-0.05, 0) is 36.4 Å². The van der Waals surface area contributed by atoms with E-state index in [2.05, 4.69) is 5.10 Å². The predicted molar refractivity (Wildman–Crippen MR) is 61.3 cm³/mol. The smallest absolute Gasteiger partial charge is 0.327 e. The first-order chi connectivity index (χ1) is 7.47. The molecule has 0 amide bonds. The van der Waals surface area contributed by atoms with Crippen LogP contribution in [-0.2, 0) is 16.1 Å². The van der Waals surface area contributed by atoms with E-state index >= 15 is 0 Å². The Balaban J connectivity index is 2.89. The molecule has 7 heteroatoms. The van der Waals surface area contributed by atoms with Crippen LogP contribution in [0.3, 0.4) is 0 Å². The number of hydrogen-bond donors (Lipinski definition) is 0. The highest BCUT2D eigenvalue weighted by atomic mass is 127. The molecule has 0 aromatic carbocycles. The Bertz CT molecular complexity index is 393. The van der Waals surface area contributed by atoms with Crippen molar-refractivity contribution in [2.75, 3.05) is 6.61 Å². The van der Waals surface area contributed by atoms with Crippen LogP contribution in [0.4, 0.5) is 8.78 Å². The molecule has 0 saturated carbocycles. The Hall–Kier alpha value is -0.730. The van der Waals surface area contributed by atoms with Crippen LogP contribution in [0.2, 0.25) is 0 Å². The molecule has 0 bridgehead atoms. The zero-order valence-corrected chi connectivity index (χ0v) is 11.0. The van der Waals surface area contributed by atoms with Gasteiger partial charge < -0.3 is 4.74 Å². The number of carbonyl (C=O) groups is 1. The summed E-state index contributed by atoms with van der Waals surface area (Å²) in [5, 5.41) is 3.69. The van der Waals surface area contributed by atoms with Crippen molar-refractivity contribution >= 4 is 28.6 Å². The molecule has 1 aromatic rings. The van der Waals surface area contributed by atoms with Gasteiger partial charge in [0.1, 0.15) is 12.2 Å². The van der Waals surface area contributed by atoms with Crippen molar-refractivity contribution in [3.8, 4) is 0 Å². The lowest BCUT2D eigenvalue weighted by atomic mass is 10.4. The molecule has 0 saturated heterocycles.